The molecule has 2 saturated heterocycles. The van der Waals surface area contributed by atoms with E-state index in [1.807, 2.05) is 23.1 Å². The van der Waals surface area contributed by atoms with Gasteiger partial charge in [0.15, 0.2) is 0 Å². The molecule has 27 heavy (non-hydrogen) atoms. The molecule has 3 heterocycles. The molecule has 0 unspecified atom stereocenters. The van der Waals surface area contributed by atoms with E-state index in [1.165, 1.54) is 5.56 Å². The van der Waals surface area contributed by atoms with Crippen molar-refractivity contribution >= 4 is 21.8 Å². The van der Waals surface area contributed by atoms with E-state index in [0.717, 1.165) is 37.9 Å². The normalized spacial score (nSPS) is 22.7. The summed E-state index contributed by atoms with van der Waals surface area (Å²) in [5.41, 5.74) is 2.25. The average molecular weight is 393 g/mol. The lowest BCUT2D eigenvalue weighted by Gasteiger charge is -2.37. The second-order valence-corrected chi connectivity index (χ2v) is 9.50. The summed E-state index contributed by atoms with van der Waals surface area (Å²) in [4.78, 5) is 16.7. The third-order valence-electron chi connectivity index (χ3n) is 5.85. The number of piperidine rings is 1. The molecule has 0 radical (unpaired) electrons. The van der Waals surface area contributed by atoms with Crippen LogP contribution in [0.25, 0.3) is 0 Å². The highest BCUT2D eigenvalue weighted by Gasteiger charge is 2.34. The van der Waals surface area contributed by atoms with Crippen molar-refractivity contribution in [3.63, 3.8) is 0 Å². The molecule has 0 atom stereocenters. The Bertz CT molecular complexity index is 784. The van der Waals surface area contributed by atoms with Crippen molar-refractivity contribution in [3.8, 4) is 0 Å². The van der Waals surface area contributed by atoms with Crippen LogP contribution in [0.2, 0.25) is 0 Å². The van der Waals surface area contributed by atoms with Crippen LogP contribution >= 0.6 is 0 Å². The molecule has 0 N–H and O–H groups in total. The molecule has 8 heteroatoms. The van der Waals surface area contributed by atoms with Crippen molar-refractivity contribution in [1.82, 2.24) is 13.5 Å². The first-order chi connectivity index (χ1) is 13.1. The van der Waals surface area contributed by atoms with Gasteiger partial charge in [-0.25, -0.2) is 0 Å². The number of anilines is 1. The Morgan fingerprint density at radius 1 is 0.852 bits per heavy atom. The SMILES string of the molecule is O=C(CN1CCN(S(=O)(=O)N2CCCCC2)CC1)N1CCc2ccccc21. The van der Waals surface area contributed by atoms with Gasteiger partial charge in [-0.15, -0.1) is 0 Å². The fourth-order valence-corrected chi connectivity index (χ4v) is 5.92. The zero-order valence-corrected chi connectivity index (χ0v) is 16.5. The zero-order chi connectivity index (χ0) is 18.9. The highest BCUT2D eigenvalue weighted by molar-refractivity contribution is 7.86. The molecule has 3 aliphatic heterocycles. The number of rotatable bonds is 4. The van der Waals surface area contributed by atoms with Crippen LogP contribution in [0.4, 0.5) is 5.69 Å². The highest BCUT2D eigenvalue weighted by Crippen LogP contribution is 2.27. The first-order valence-corrected chi connectivity index (χ1v) is 11.3. The fourth-order valence-electron chi connectivity index (χ4n) is 4.25. The van der Waals surface area contributed by atoms with Gasteiger partial charge in [0.25, 0.3) is 10.2 Å². The van der Waals surface area contributed by atoms with E-state index in [1.54, 1.807) is 8.61 Å². The topological polar surface area (TPSA) is 64.2 Å². The average Bonchev–Trinajstić information content (AvgIpc) is 3.13. The van der Waals surface area contributed by atoms with Gasteiger partial charge >= 0.3 is 0 Å². The van der Waals surface area contributed by atoms with Gasteiger partial charge in [0.1, 0.15) is 0 Å². The number of hydrogen-bond acceptors (Lipinski definition) is 4. The molecule has 148 valence electrons. The minimum atomic E-state index is -3.35. The van der Waals surface area contributed by atoms with Crippen LogP contribution in [-0.2, 0) is 21.4 Å². The second kappa shape index (κ2) is 7.87. The van der Waals surface area contributed by atoms with Gasteiger partial charge in [0.2, 0.25) is 5.91 Å². The standard InChI is InChI=1S/C19H28N4O3S/c24-19(23-11-8-17-6-2-3-7-18(17)23)16-20-12-14-22(15-13-20)27(25,26)21-9-4-1-5-10-21/h2-3,6-7H,1,4-5,8-16H2. The number of nitrogens with zero attached hydrogens (tertiary/aromatic N) is 4. The number of hydrogen-bond donors (Lipinski definition) is 0. The summed E-state index contributed by atoms with van der Waals surface area (Å²) in [5.74, 6) is 0.104. The molecule has 1 amide bonds. The maximum absolute atomic E-state index is 12.8. The predicted molar refractivity (Wildman–Crippen MR) is 105 cm³/mol. The van der Waals surface area contributed by atoms with Gasteiger partial charge in [0.05, 0.1) is 6.54 Å². The van der Waals surface area contributed by atoms with Gasteiger partial charge in [-0.1, -0.05) is 24.6 Å². The second-order valence-electron chi connectivity index (χ2n) is 7.57. The lowest BCUT2D eigenvalue weighted by Crippen LogP contribution is -2.55. The van der Waals surface area contributed by atoms with Crippen molar-refractivity contribution in [2.45, 2.75) is 25.7 Å². The quantitative estimate of drug-likeness (QED) is 0.765. The number of para-hydroxylation sites is 1. The van der Waals surface area contributed by atoms with Crippen LogP contribution in [-0.4, -0.2) is 80.2 Å². The van der Waals surface area contributed by atoms with Crippen molar-refractivity contribution in [3.05, 3.63) is 29.8 Å². The Kier molecular flexibility index (Phi) is 5.50. The summed E-state index contributed by atoms with van der Waals surface area (Å²) in [6.07, 6.45) is 3.92. The first-order valence-electron chi connectivity index (χ1n) is 9.91. The van der Waals surface area contributed by atoms with E-state index >= 15 is 0 Å². The monoisotopic (exact) mass is 392 g/mol. The maximum atomic E-state index is 12.8. The van der Waals surface area contributed by atoms with Crippen LogP contribution in [0, 0.1) is 0 Å². The Balaban J connectivity index is 1.31. The third kappa shape index (κ3) is 3.89. The highest BCUT2D eigenvalue weighted by atomic mass is 32.2. The molecule has 0 spiro atoms. The summed E-state index contributed by atoms with van der Waals surface area (Å²) in [6, 6.07) is 8.06. The molecule has 3 aliphatic rings. The van der Waals surface area contributed by atoms with Gasteiger partial charge < -0.3 is 4.90 Å². The van der Waals surface area contributed by atoms with E-state index < -0.39 is 10.2 Å². The van der Waals surface area contributed by atoms with E-state index in [-0.39, 0.29) is 5.91 Å². The molecule has 4 rings (SSSR count). The van der Waals surface area contributed by atoms with Crippen molar-refractivity contribution in [2.24, 2.45) is 0 Å². The Morgan fingerprint density at radius 3 is 2.26 bits per heavy atom. The largest absolute Gasteiger partial charge is 0.311 e. The van der Waals surface area contributed by atoms with Gasteiger partial charge in [-0.3, -0.25) is 9.69 Å². The number of carbonyl (C=O) groups excluding carboxylic acids is 1. The smallest absolute Gasteiger partial charge is 0.282 e. The third-order valence-corrected chi connectivity index (χ3v) is 7.88. The Morgan fingerprint density at radius 2 is 1.52 bits per heavy atom. The molecule has 0 aromatic heterocycles. The molecular weight excluding hydrogens is 364 g/mol. The van der Waals surface area contributed by atoms with E-state index in [0.29, 0.717) is 45.8 Å². The molecule has 1 aromatic rings. The van der Waals surface area contributed by atoms with Crippen LogP contribution in [0.1, 0.15) is 24.8 Å². The van der Waals surface area contributed by atoms with Crippen LogP contribution in [0.15, 0.2) is 24.3 Å². The summed E-state index contributed by atoms with van der Waals surface area (Å²) >= 11 is 0. The van der Waals surface area contributed by atoms with Gasteiger partial charge in [-0.2, -0.15) is 17.0 Å². The minimum Gasteiger partial charge on any atom is -0.311 e. The molecule has 7 nitrogen and oxygen atoms in total. The van der Waals surface area contributed by atoms with Crippen LogP contribution in [0.5, 0.6) is 0 Å². The summed E-state index contributed by atoms with van der Waals surface area (Å²) in [7, 11) is -3.35. The minimum absolute atomic E-state index is 0.104. The molecule has 0 aliphatic carbocycles. The van der Waals surface area contributed by atoms with Crippen LogP contribution in [0.3, 0.4) is 0 Å². The zero-order valence-electron chi connectivity index (χ0n) is 15.7. The number of amides is 1. The van der Waals surface area contributed by atoms with E-state index in [9.17, 15) is 13.2 Å². The number of piperazine rings is 1. The number of benzene rings is 1. The molecule has 0 bridgehead atoms. The summed E-state index contributed by atoms with van der Waals surface area (Å²) in [5, 5.41) is 0. The van der Waals surface area contributed by atoms with Gasteiger partial charge in [-0.05, 0) is 30.9 Å². The lowest BCUT2D eigenvalue weighted by atomic mass is 10.2. The Labute approximate surface area is 161 Å². The first kappa shape index (κ1) is 18.9. The molecule has 0 saturated carbocycles. The van der Waals surface area contributed by atoms with Crippen molar-refractivity contribution in [2.75, 3.05) is 57.3 Å². The Hall–Kier alpha value is -1.48. The van der Waals surface area contributed by atoms with E-state index in [4.69, 9.17) is 0 Å². The van der Waals surface area contributed by atoms with Crippen LogP contribution < -0.4 is 4.90 Å². The predicted octanol–water partition coefficient (Wildman–Crippen LogP) is 0.924. The molecule has 2 fully saturated rings. The number of fused-ring (bicyclic) bond motifs is 1. The summed E-state index contributed by atoms with van der Waals surface area (Å²) in [6.45, 7) is 4.49. The molecular formula is C19H28N4O3S. The van der Waals surface area contributed by atoms with Gasteiger partial charge in [0, 0.05) is 51.5 Å². The van der Waals surface area contributed by atoms with E-state index in [2.05, 4.69) is 11.0 Å². The maximum Gasteiger partial charge on any atom is 0.282 e. The van der Waals surface area contributed by atoms with Crippen molar-refractivity contribution < 1.29 is 13.2 Å². The fraction of sp³-hybridized carbons (Fsp3) is 0.632. The summed E-state index contributed by atoms with van der Waals surface area (Å²) < 4.78 is 28.8. The number of carbonyl (C=O) groups is 1. The lowest BCUT2D eigenvalue weighted by molar-refractivity contribution is -0.119. The van der Waals surface area contributed by atoms with Crippen molar-refractivity contribution in [1.29, 1.82) is 0 Å². The molecule has 1 aromatic carbocycles.